The molecule has 0 atom stereocenters. The molecule has 0 radical (unpaired) electrons. The molecule has 4 aromatic rings. The van der Waals surface area contributed by atoms with Crippen LogP contribution in [-0.4, -0.2) is 34.6 Å². The van der Waals surface area contributed by atoms with Crippen LogP contribution in [0.2, 0.25) is 0 Å². The van der Waals surface area contributed by atoms with E-state index in [-0.39, 0.29) is 5.69 Å². The summed E-state index contributed by atoms with van der Waals surface area (Å²) in [4.78, 5) is 30.5. The fraction of sp³-hybridized carbons (Fsp3) is 0.214. The van der Waals surface area contributed by atoms with Crippen molar-refractivity contribution in [1.82, 2.24) is 15.0 Å². The Morgan fingerprint density at radius 1 is 0.974 bits per heavy atom. The van der Waals surface area contributed by atoms with Gasteiger partial charge in [-0.25, -0.2) is 4.98 Å². The summed E-state index contributed by atoms with van der Waals surface area (Å²) in [5, 5.41) is 5.75. The largest absolute Gasteiger partial charge is 0.416 e. The van der Waals surface area contributed by atoms with Gasteiger partial charge in [-0.15, -0.1) is 0 Å². The second-order valence-corrected chi connectivity index (χ2v) is 9.43. The molecule has 0 bridgehead atoms. The summed E-state index contributed by atoms with van der Waals surface area (Å²) < 4.78 is 39.2. The fourth-order valence-corrected chi connectivity index (χ4v) is 4.38. The molecule has 0 unspecified atom stereocenters. The van der Waals surface area contributed by atoms with Gasteiger partial charge in [-0.3, -0.25) is 9.78 Å². The molecule has 8 nitrogen and oxygen atoms in total. The van der Waals surface area contributed by atoms with Crippen LogP contribution in [0, 0.1) is 13.8 Å². The van der Waals surface area contributed by atoms with Crippen LogP contribution in [0.1, 0.15) is 32.7 Å². The first-order valence-corrected chi connectivity index (χ1v) is 12.2. The number of amides is 1. The minimum absolute atomic E-state index is 0.0755. The lowest BCUT2D eigenvalue weighted by Gasteiger charge is -2.37. The Balaban J connectivity index is 1.34. The summed E-state index contributed by atoms with van der Waals surface area (Å²) in [6, 6.07) is 13.6. The fourth-order valence-electron chi connectivity index (χ4n) is 4.38. The van der Waals surface area contributed by atoms with Crippen molar-refractivity contribution in [1.29, 1.82) is 0 Å². The van der Waals surface area contributed by atoms with Crippen molar-refractivity contribution in [3.63, 3.8) is 0 Å². The Bertz CT molecular complexity index is 1520. The van der Waals surface area contributed by atoms with E-state index >= 15 is 0 Å². The van der Waals surface area contributed by atoms with Gasteiger partial charge in [0.25, 0.3) is 5.91 Å². The second kappa shape index (κ2) is 10.2. The Morgan fingerprint density at radius 2 is 1.79 bits per heavy atom. The maximum atomic E-state index is 13.1. The third kappa shape index (κ3) is 5.77. The lowest BCUT2D eigenvalue weighted by atomic mass is 10.1. The number of nitrogens with zero attached hydrogens (tertiary/aromatic N) is 5. The van der Waals surface area contributed by atoms with Crippen LogP contribution in [-0.2, 0) is 12.7 Å². The van der Waals surface area contributed by atoms with Gasteiger partial charge >= 0.3 is 6.18 Å². The van der Waals surface area contributed by atoms with E-state index in [2.05, 4.69) is 30.5 Å². The van der Waals surface area contributed by atoms with Crippen molar-refractivity contribution in [2.75, 3.05) is 34.1 Å². The minimum Gasteiger partial charge on any atom is -0.349 e. The summed E-state index contributed by atoms with van der Waals surface area (Å²) in [5.41, 5.74) is 3.99. The van der Waals surface area contributed by atoms with Gasteiger partial charge in [0, 0.05) is 48.0 Å². The van der Waals surface area contributed by atoms with E-state index in [1.54, 1.807) is 24.5 Å². The molecule has 0 saturated heterocycles. The van der Waals surface area contributed by atoms with E-state index in [9.17, 15) is 18.0 Å². The van der Waals surface area contributed by atoms with E-state index < -0.39 is 17.6 Å². The number of nitrogens with one attached hydrogen (secondary N) is 2. The quantitative estimate of drug-likeness (QED) is 0.330. The number of aryl methyl sites for hydroxylation is 2. The van der Waals surface area contributed by atoms with Crippen LogP contribution in [0.25, 0.3) is 0 Å². The van der Waals surface area contributed by atoms with Crippen LogP contribution in [0.5, 0.6) is 0 Å². The predicted octanol–water partition coefficient (Wildman–Crippen LogP) is 5.92. The average molecular weight is 534 g/mol. The van der Waals surface area contributed by atoms with Gasteiger partial charge in [0.1, 0.15) is 5.82 Å². The highest BCUT2D eigenvalue weighted by atomic mass is 19.4. The van der Waals surface area contributed by atoms with Crippen LogP contribution >= 0.6 is 0 Å². The van der Waals surface area contributed by atoms with Gasteiger partial charge in [0.05, 0.1) is 24.1 Å². The number of carbonyl (C=O) groups excluding carboxylic acids is 1. The molecule has 2 aromatic heterocycles. The van der Waals surface area contributed by atoms with Crippen LogP contribution in [0.4, 0.5) is 42.0 Å². The van der Waals surface area contributed by atoms with Gasteiger partial charge in [0.15, 0.2) is 0 Å². The summed E-state index contributed by atoms with van der Waals surface area (Å²) in [6.45, 7) is 4.89. The zero-order valence-corrected chi connectivity index (χ0v) is 21.5. The number of fused-ring (bicyclic) bond motifs is 1. The van der Waals surface area contributed by atoms with Crippen molar-refractivity contribution < 1.29 is 18.0 Å². The molecule has 0 aliphatic carbocycles. The Kier molecular flexibility index (Phi) is 6.81. The zero-order valence-electron chi connectivity index (χ0n) is 21.5. The SMILES string of the molecule is Cc1ccc(Nc2ncc3c(n2)N(C)CN(c2cc(C(=O)Nc4cccc(C(F)(F)F)c4)ccc2C)C3)cn1. The average Bonchev–Trinajstić information content (AvgIpc) is 2.90. The third-order valence-electron chi connectivity index (χ3n) is 6.37. The molecule has 1 amide bonds. The highest BCUT2D eigenvalue weighted by Crippen LogP contribution is 2.33. The van der Waals surface area contributed by atoms with Crippen LogP contribution in [0.15, 0.2) is 67.0 Å². The zero-order chi connectivity index (χ0) is 27.7. The first kappa shape index (κ1) is 26.0. The summed E-state index contributed by atoms with van der Waals surface area (Å²) in [6.07, 6.45) is -0.996. The van der Waals surface area contributed by atoms with E-state index in [1.807, 2.05) is 44.0 Å². The monoisotopic (exact) mass is 533 g/mol. The predicted molar refractivity (Wildman–Crippen MR) is 144 cm³/mol. The van der Waals surface area contributed by atoms with Crippen molar-refractivity contribution in [2.24, 2.45) is 0 Å². The Hall–Kier alpha value is -4.67. The standard InChI is InChI=1S/C28H26F3N7O/c1-17-7-9-19(26(39)34-22-6-4-5-21(12-22)28(29,30)31)11-24(17)38-15-20-13-33-27(36-25(20)37(3)16-38)35-23-10-8-18(2)32-14-23/h4-14H,15-16H2,1-3H3,(H,34,39)(H,33,35,36). The molecule has 3 heterocycles. The number of benzene rings is 2. The maximum Gasteiger partial charge on any atom is 0.416 e. The normalized spacial score (nSPS) is 13.2. The van der Waals surface area contributed by atoms with Crippen LogP contribution < -0.4 is 20.4 Å². The molecule has 1 aliphatic heterocycles. The summed E-state index contributed by atoms with van der Waals surface area (Å²) in [5.74, 6) is 0.759. The molecule has 5 rings (SSSR count). The van der Waals surface area contributed by atoms with Crippen molar-refractivity contribution in [3.8, 4) is 0 Å². The minimum atomic E-state index is -4.49. The number of pyridine rings is 1. The second-order valence-electron chi connectivity index (χ2n) is 9.43. The first-order chi connectivity index (χ1) is 18.6. The molecule has 39 heavy (non-hydrogen) atoms. The topological polar surface area (TPSA) is 86.3 Å². The molecule has 0 spiro atoms. The van der Waals surface area contributed by atoms with E-state index in [4.69, 9.17) is 0 Å². The molecular formula is C28H26F3N7O. The number of carbonyl (C=O) groups is 1. The number of aromatic nitrogens is 3. The maximum absolute atomic E-state index is 13.1. The first-order valence-electron chi connectivity index (χ1n) is 12.2. The lowest BCUT2D eigenvalue weighted by Crippen LogP contribution is -2.41. The van der Waals surface area contributed by atoms with Gasteiger partial charge < -0.3 is 20.4 Å². The number of alkyl halides is 3. The third-order valence-corrected chi connectivity index (χ3v) is 6.37. The van der Waals surface area contributed by atoms with Crippen molar-refractivity contribution in [2.45, 2.75) is 26.6 Å². The molecule has 2 aromatic carbocycles. The number of halogens is 3. The summed E-state index contributed by atoms with van der Waals surface area (Å²) >= 11 is 0. The Morgan fingerprint density at radius 3 is 2.54 bits per heavy atom. The number of anilines is 5. The number of hydrogen-bond donors (Lipinski definition) is 2. The molecular weight excluding hydrogens is 507 g/mol. The van der Waals surface area contributed by atoms with E-state index in [0.717, 1.165) is 46.1 Å². The number of hydrogen-bond acceptors (Lipinski definition) is 7. The molecule has 2 N–H and O–H groups in total. The highest BCUT2D eigenvalue weighted by Gasteiger charge is 2.30. The van der Waals surface area contributed by atoms with Crippen molar-refractivity contribution >= 4 is 34.7 Å². The van der Waals surface area contributed by atoms with Gasteiger partial charge in [-0.05, 0) is 61.9 Å². The summed E-state index contributed by atoms with van der Waals surface area (Å²) in [7, 11) is 1.93. The smallest absolute Gasteiger partial charge is 0.349 e. The highest BCUT2D eigenvalue weighted by molar-refractivity contribution is 6.05. The van der Waals surface area contributed by atoms with E-state index in [1.165, 1.54) is 12.1 Å². The molecule has 0 fully saturated rings. The Labute approximate surface area is 223 Å². The molecule has 0 saturated carbocycles. The molecule has 11 heteroatoms. The van der Waals surface area contributed by atoms with Crippen LogP contribution in [0.3, 0.4) is 0 Å². The van der Waals surface area contributed by atoms with Gasteiger partial charge in [-0.1, -0.05) is 12.1 Å². The van der Waals surface area contributed by atoms with Gasteiger partial charge in [-0.2, -0.15) is 18.2 Å². The number of rotatable bonds is 5. The van der Waals surface area contributed by atoms with Gasteiger partial charge in [0.2, 0.25) is 5.95 Å². The lowest BCUT2D eigenvalue weighted by molar-refractivity contribution is -0.137. The van der Waals surface area contributed by atoms with E-state index in [0.29, 0.717) is 24.7 Å². The molecule has 1 aliphatic rings. The molecule has 200 valence electrons. The van der Waals surface area contributed by atoms with Crippen molar-refractivity contribution in [3.05, 3.63) is 94.9 Å².